The van der Waals surface area contributed by atoms with Crippen LogP contribution in [0, 0.1) is 0 Å². The molecule has 0 bridgehead atoms. The molecule has 0 aromatic heterocycles. The van der Waals surface area contributed by atoms with Crippen molar-refractivity contribution >= 4 is 21.7 Å². The smallest absolute Gasteiger partial charge is 0.264 e. The number of anilines is 1. The van der Waals surface area contributed by atoms with Gasteiger partial charge in [-0.05, 0) is 43.3 Å². The van der Waals surface area contributed by atoms with Gasteiger partial charge in [-0.25, -0.2) is 8.42 Å². The summed E-state index contributed by atoms with van der Waals surface area (Å²) in [7, 11) is -1.40. The Bertz CT molecular complexity index is 894. The number of carbonyl (C=O) groups excluding carboxylic acids is 1. The zero-order valence-electron chi connectivity index (χ0n) is 15.2. The molecule has 0 aliphatic carbocycles. The molecule has 0 spiro atoms. The van der Waals surface area contributed by atoms with Crippen LogP contribution < -0.4 is 23.6 Å². The number of nitrogens with zero attached hydrogens (tertiary/aromatic N) is 1. The van der Waals surface area contributed by atoms with E-state index in [9.17, 15) is 18.3 Å². The highest BCUT2D eigenvalue weighted by atomic mass is 32.2. The SMILES string of the molecule is CCOc1ccc(N(CC(=O)[O-])S(=O)(=O)c2ccc(OC)c(OC)c2)cc1. The second-order valence-corrected chi connectivity index (χ2v) is 7.19. The zero-order chi connectivity index (χ0) is 20.0. The average Bonchev–Trinajstić information content (AvgIpc) is 2.66. The van der Waals surface area contributed by atoms with Gasteiger partial charge < -0.3 is 24.1 Å². The highest BCUT2D eigenvalue weighted by Gasteiger charge is 2.26. The van der Waals surface area contributed by atoms with E-state index < -0.39 is 22.5 Å². The molecule has 2 aromatic carbocycles. The number of benzene rings is 2. The van der Waals surface area contributed by atoms with E-state index in [-0.39, 0.29) is 16.3 Å². The minimum absolute atomic E-state index is 0.143. The standard InChI is InChI=1S/C18H21NO7S/c1-4-26-14-7-5-13(6-8-14)19(12-18(20)21)27(22,23)15-9-10-16(24-2)17(11-15)25-3/h5-11H,4,12H2,1-3H3,(H,20,21)/p-1. The number of sulfonamides is 1. The van der Waals surface area contributed by atoms with Crippen LogP contribution in [0.1, 0.15) is 6.92 Å². The van der Waals surface area contributed by atoms with E-state index in [1.807, 2.05) is 6.92 Å². The Morgan fingerprint density at radius 3 is 2.19 bits per heavy atom. The van der Waals surface area contributed by atoms with Crippen molar-refractivity contribution in [3.63, 3.8) is 0 Å². The number of aliphatic carboxylic acids is 1. The Labute approximate surface area is 157 Å². The lowest BCUT2D eigenvalue weighted by Gasteiger charge is -2.25. The zero-order valence-corrected chi connectivity index (χ0v) is 16.0. The summed E-state index contributed by atoms with van der Waals surface area (Å²) in [5.74, 6) is -0.436. The lowest BCUT2D eigenvalue weighted by molar-refractivity contribution is -0.303. The fraction of sp³-hybridized carbons (Fsp3) is 0.278. The van der Waals surface area contributed by atoms with Gasteiger partial charge in [-0.3, -0.25) is 4.31 Å². The molecule has 0 unspecified atom stereocenters. The number of methoxy groups -OCH3 is 2. The van der Waals surface area contributed by atoms with Crippen LogP contribution in [0.4, 0.5) is 5.69 Å². The molecule has 0 aliphatic heterocycles. The predicted molar refractivity (Wildman–Crippen MR) is 96.7 cm³/mol. The van der Waals surface area contributed by atoms with Crippen molar-refractivity contribution in [1.29, 1.82) is 0 Å². The van der Waals surface area contributed by atoms with Crippen molar-refractivity contribution in [1.82, 2.24) is 0 Å². The lowest BCUT2D eigenvalue weighted by atomic mass is 10.3. The molecule has 0 atom stereocenters. The van der Waals surface area contributed by atoms with E-state index in [1.165, 1.54) is 44.6 Å². The molecule has 0 saturated carbocycles. The monoisotopic (exact) mass is 394 g/mol. The first kappa shape index (κ1) is 20.4. The number of carbonyl (C=O) groups is 1. The van der Waals surface area contributed by atoms with E-state index in [2.05, 4.69) is 0 Å². The van der Waals surface area contributed by atoms with Gasteiger partial charge >= 0.3 is 0 Å². The summed E-state index contributed by atoms with van der Waals surface area (Å²) in [6, 6.07) is 10.1. The van der Waals surface area contributed by atoms with Gasteiger partial charge in [0, 0.05) is 6.07 Å². The van der Waals surface area contributed by atoms with Gasteiger partial charge in [0.25, 0.3) is 10.0 Å². The number of carboxylic acids is 1. The highest BCUT2D eigenvalue weighted by molar-refractivity contribution is 7.92. The van der Waals surface area contributed by atoms with Crippen LogP contribution >= 0.6 is 0 Å². The molecule has 146 valence electrons. The first-order valence-electron chi connectivity index (χ1n) is 8.01. The van der Waals surface area contributed by atoms with Gasteiger partial charge in [0.2, 0.25) is 0 Å². The lowest BCUT2D eigenvalue weighted by Crippen LogP contribution is -2.41. The minimum atomic E-state index is -4.20. The maximum absolute atomic E-state index is 13.1. The normalized spacial score (nSPS) is 10.9. The fourth-order valence-electron chi connectivity index (χ4n) is 2.41. The average molecular weight is 394 g/mol. The van der Waals surface area contributed by atoms with E-state index >= 15 is 0 Å². The Morgan fingerprint density at radius 1 is 1.04 bits per heavy atom. The third kappa shape index (κ3) is 4.62. The maximum atomic E-state index is 13.1. The Morgan fingerprint density at radius 2 is 1.67 bits per heavy atom. The summed E-state index contributed by atoms with van der Waals surface area (Å²) in [4.78, 5) is 11.0. The van der Waals surface area contributed by atoms with Crippen LogP contribution in [0.25, 0.3) is 0 Å². The molecule has 2 aromatic rings. The van der Waals surface area contributed by atoms with Crippen molar-refractivity contribution in [3.05, 3.63) is 42.5 Å². The van der Waals surface area contributed by atoms with Crippen LogP contribution in [-0.4, -0.2) is 41.8 Å². The Kier molecular flexibility index (Phi) is 6.51. The number of hydrogen-bond acceptors (Lipinski definition) is 7. The first-order chi connectivity index (χ1) is 12.8. The van der Waals surface area contributed by atoms with Gasteiger partial charge in [-0.15, -0.1) is 0 Å². The van der Waals surface area contributed by atoms with Crippen molar-refractivity contribution in [2.75, 3.05) is 31.7 Å². The van der Waals surface area contributed by atoms with Gasteiger partial charge in [-0.1, -0.05) is 0 Å². The fourth-order valence-corrected chi connectivity index (χ4v) is 3.84. The van der Waals surface area contributed by atoms with E-state index in [0.717, 1.165) is 4.31 Å². The van der Waals surface area contributed by atoms with Gasteiger partial charge in [0.15, 0.2) is 11.5 Å². The molecule has 0 saturated heterocycles. The minimum Gasteiger partial charge on any atom is -0.548 e. The van der Waals surface area contributed by atoms with Gasteiger partial charge in [0.05, 0.1) is 43.9 Å². The summed E-state index contributed by atoms with van der Waals surface area (Å²) in [6.45, 7) is 1.43. The summed E-state index contributed by atoms with van der Waals surface area (Å²) in [5.41, 5.74) is 0.164. The molecule has 0 aliphatic rings. The molecule has 27 heavy (non-hydrogen) atoms. The quantitative estimate of drug-likeness (QED) is 0.626. The molecule has 0 amide bonds. The second kappa shape index (κ2) is 8.63. The predicted octanol–water partition coefficient (Wildman–Crippen LogP) is 1.05. The van der Waals surface area contributed by atoms with Crippen molar-refractivity contribution in [2.24, 2.45) is 0 Å². The van der Waals surface area contributed by atoms with Crippen LogP contribution in [0.5, 0.6) is 17.2 Å². The molecule has 2 rings (SSSR count). The maximum Gasteiger partial charge on any atom is 0.264 e. The first-order valence-corrected chi connectivity index (χ1v) is 9.45. The molecule has 8 nitrogen and oxygen atoms in total. The van der Waals surface area contributed by atoms with Crippen molar-refractivity contribution < 1.29 is 32.5 Å². The third-order valence-electron chi connectivity index (χ3n) is 3.65. The van der Waals surface area contributed by atoms with E-state index in [1.54, 1.807) is 12.1 Å². The number of carboxylic acid groups (broad SMARTS) is 1. The van der Waals surface area contributed by atoms with Gasteiger partial charge in [0.1, 0.15) is 5.75 Å². The number of hydrogen-bond donors (Lipinski definition) is 0. The van der Waals surface area contributed by atoms with Crippen LogP contribution in [0.15, 0.2) is 47.4 Å². The molecule has 0 fully saturated rings. The number of ether oxygens (including phenoxy) is 3. The van der Waals surface area contributed by atoms with E-state index in [0.29, 0.717) is 18.1 Å². The Balaban J connectivity index is 2.49. The second-order valence-electron chi connectivity index (χ2n) is 5.33. The molecule has 0 heterocycles. The van der Waals surface area contributed by atoms with Crippen molar-refractivity contribution in [2.45, 2.75) is 11.8 Å². The van der Waals surface area contributed by atoms with Gasteiger partial charge in [-0.2, -0.15) is 0 Å². The van der Waals surface area contributed by atoms with Crippen LogP contribution in [-0.2, 0) is 14.8 Å². The molecular weight excluding hydrogens is 374 g/mol. The molecule has 0 radical (unpaired) electrons. The topological polar surface area (TPSA) is 105 Å². The summed E-state index contributed by atoms with van der Waals surface area (Å²) in [6.07, 6.45) is 0. The van der Waals surface area contributed by atoms with E-state index in [4.69, 9.17) is 14.2 Å². The third-order valence-corrected chi connectivity index (χ3v) is 5.42. The highest BCUT2D eigenvalue weighted by Crippen LogP contribution is 2.32. The largest absolute Gasteiger partial charge is 0.548 e. The summed E-state index contributed by atoms with van der Waals surface area (Å²) >= 11 is 0. The summed E-state index contributed by atoms with van der Waals surface area (Å²) in [5, 5.41) is 11.2. The molecule has 9 heteroatoms. The van der Waals surface area contributed by atoms with Crippen molar-refractivity contribution in [3.8, 4) is 17.2 Å². The molecule has 0 N–H and O–H groups in total. The van der Waals surface area contributed by atoms with Crippen LogP contribution in [0.2, 0.25) is 0 Å². The van der Waals surface area contributed by atoms with Crippen LogP contribution in [0.3, 0.4) is 0 Å². The molecular formula is C18H20NO7S-. The Hall–Kier alpha value is -2.94. The summed E-state index contributed by atoms with van der Waals surface area (Å²) < 4.78 is 42.4. The number of rotatable bonds is 9.